The van der Waals surface area contributed by atoms with Crippen LogP contribution in [0.15, 0.2) is 18.2 Å². The zero-order valence-electron chi connectivity index (χ0n) is 10.6. The molecule has 1 fully saturated rings. The van der Waals surface area contributed by atoms with Crippen molar-refractivity contribution in [1.82, 2.24) is 4.98 Å². The summed E-state index contributed by atoms with van der Waals surface area (Å²) in [7, 11) is 0. The van der Waals surface area contributed by atoms with Gasteiger partial charge in [-0.3, -0.25) is 0 Å². The van der Waals surface area contributed by atoms with E-state index in [-0.39, 0.29) is 6.10 Å². The molecule has 0 aliphatic carbocycles. The van der Waals surface area contributed by atoms with E-state index in [0.717, 1.165) is 37.7 Å². The number of aliphatic hydroxyl groups is 1. The summed E-state index contributed by atoms with van der Waals surface area (Å²) < 4.78 is 0. The first-order chi connectivity index (χ1) is 8.20. The molecule has 1 aliphatic heterocycles. The van der Waals surface area contributed by atoms with Crippen molar-refractivity contribution in [3.8, 4) is 0 Å². The third-order valence-electron chi connectivity index (χ3n) is 3.28. The Balaban J connectivity index is 2.09. The Morgan fingerprint density at radius 3 is 3.06 bits per heavy atom. The molecule has 17 heavy (non-hydrogen) atoms. The molecule has 0 spiro atoms. The topological polar surface area (TPSA) is 48.4 Å². The molecule has 2 atom stereocenters. The van der Waals surface area contributed by atoms with Gasteiger partial charge in [0.25, 0.3) is 0 Å². The Morgan fingerprint density at radius 1 is 1.53 bits per heavy atom. The molecule has 0 amide bonds. The van der Waals surface area contributed by atoms with Gasteiger partial charge in [0, 0.05) is 19.6 Å². The second-order valence-electron chi connectivity index (χ2n) is 4.69. The van der Waals surface area contributed by atoms with Crippen LogP contribution in [0.5, 0.6) is 0 Å². The van der Waals surface area contributed by atoms with E-state index in [9.17, 15) is 5.11 Å². The second kappa shape index (κ2) is 5.36. The Labute approximate surface area is 103 Å². The molecule has 0 bridgehead atoms. The van der Waals surface area contributed by atoms with Gasteiger partial charge in [-0.25, -0.2) is 4.98 Å². The lowest BCUT2D eigenvalue weighted by Crippen LogP contribution is -2.42. The highest BCUT2D eigenvalue weighted by Crippen LogP contribution is 2.22. The standard InChI is InChI=1S/C13H21N3O/c1-3-14-12-5-4-6-13(15-12)16-8-7-11(17)10(2)9-16/h4-6,10-11,17H,3,7-9H2,1-2H3,(H,14,15). The van der Waals surface area contributed by atoms with E-state index in [1.54, 1.807) is 0 Å². The first-order valence-electron chi connectivity index (χ1n) is 6.34. The second-order valence-corrected chi connectivity index (χ2v) is 4.69. The lowest BCUT2D eigenvalue weighted by Gasteiger charge is -2.35. The van der Waals surface area contributed by atoms with Crippen molar-refractivity contribution >= 4 is 11.6 Å². The number of pyridine rings is 1. The smallest absolute Gasteiger partial charge is 0.130 e. The van der Waals surface area contributed by atoms with Crippen LogP contribution < -0.4 is 10.2 Å². The molecule has 2 N–H and O–H groups in total. The van der Waals surface area contributed by atoms with Gasteiger partial charge < -0.3 is 15.3 Å². The first kappa shape index (κ1) is 12.2. The van der Waals surface area contributed by atoms with Crippen molar-refractivity contribution in [3.05, 3.63) is 18.2 Å². The van der Waals surface area contributed by atoms with Crippen molar-refractivity contribution in [2.45, 2.75) is 26.4 Å². The molecule has 94 valence electrons. The zero-order chi connectivity index (χ0) is 12.3. The Kier molecular flexibility index (Phi) is 3.84. The molecule has 1 aliphatic rings. The largest absolute Gasteiger partial charge is 0.393 e. The average Bonchev–Trinajstić information content (AvgIpc) is 2.33. The summed E-state index contributed by atoms with van der Waals surface area (Å²) in [5.41, 5.74) is 0. The number of anilines is 2. The minimum atomic E-state index is -0.164. The molecule has 0 aromatic carbocycles. The minimum absolute atomic E-state index is 0.164. The lowest BCUT2D eigenvalue weighted by atomic mass is 9.97. The fraction of sp³-hybridized carbons (Fsp3) is 0.615. The van der Waals surface area contributed by atoms with Gasteiger partial charge in [-0.05, 0) is 31.4 Å². The molecule has 4 heteroatoms. The summed E-state index contributed by atoms with van der Waals surface area (Å²) in [5, 5.41) is 12.9. The summed E-state index contributed by atoms with van der Waals surface area (Å²) in [5.74, 6) is 2.24. The molecule has 4 nitrogen and oxygen atoms in total. The SMILES string of the molecule is CCNc1cccc(N2CCC(O)C(C)C2)n1. The van der Waals surface area contributed by atoms with Crippen LogP contribution in [0, 0.1) is 5.92 Å². The van der Waals surface area contributed by atoms with Gasteiger partial charge in [0.05, 0.1) is 6.10 Å². The van der Waals surface area contributed by atoms with Crippen LogP contribution in [0.1, 0.15) is 20.3 Å². The number of rotatable bonds is 3. The van der Waals surface area contributed by atoms with Gasteiger partial charge in [-0.1, -0.05) is 13.0 Å². The van der Waals surface area contributed by atoms with E-state index >= 15 is 0 Å². The molecule has 2 heterocycles. The normalized spacial score (nSPS) is 24.8. The maximum atomic E-state index is 9.72. The van der Waals surface area contributed by atoms with E-state index in [2.05, 4.69) is 29.0 Å². The van der Waals surface area contributed by atoms with E-state index in [1.807, 2.05) is 18.2 Å². The highest BCUT2D eigenvalue weighted by Gasteiger charge is 2.24. The van der Waals surface area contributed by atoms with Crippen molar-refractivity contribution in [1.29, 1.82) is 0 Å². The summed E-state index contributed by atoms with van der Waals surface area (Å²) in [6, 6.07) is 6.04. The van der Waals surface area contributed by atoms with Crippen LogP contribution in [-0.4, -0.2) is 35.8 Å². The van der Waals surface area contributed by atoms with Gasteiger partial charge >= 0.3 is 0 Å². The summed E-state index contributed by atoms with van der Waals surface area (Å²) in [6.07, 6.45) is 0.664. The van der Waals surface area contributed by atoms with Gasteiger partial charge in [0.1, 0.15) is 11.6 Å². The van der Waals surface area contributed by atoms with Gasteiger partial charge in [-0.2, -0.15) is 0 Å². The third-order valence-corrected chi connectivity index (χ3v) is 3.28. The van der Waals surface area contributed by atoms with Gasteiger partial charge in [-0.15, -0.1) is 0 Å². The fourth-order valence-electron chi connectivity index (χ4n) is 2.22. The van der Waals surface area contributed by atoms with Crippen molar-refractivity contribution in [2.75, 3.05) is 29.9 Å². The molecular weight excluding hydrogens is 214 g/mol. The number of hydrogen-bond donors (Lipinski definition) is 2. The number of nitrogens with one attached hydrogen (secondary N) is 1. The van der Waals surface area contributed by atoms with Gasteiger partial charge in [0.15, 0.2) is 0 Å². The number of aromatic nitrogens is 1. The van der Waals surface area contributed by atoms with Crippen molar-refractivity contribution < 1.29 is 5.11 Å². The van der Waals surface area contributed by atoms with Crippen LogP contribution >= 0.6 is 0 Å². The molecule has 2 unspecified atom stereocenters. The van der Waals surface area contributed by atoms with Crippen LogP contribution in [0.3, 0.4) is 0 Å². The van der Waals surface area contributed by atoms with E-state index in [0.29, 0.717) is 5.92 Å². The highest BCUT2D eigenvalue weighted by molar-refractivity contribution is 5.47. The minimum Gasteiger partial charge on any atom is -0.393 e. The van der Waals surface area contributed by atoms with E-state index in [1.165, 1.54) is 0 Å². The number of aliphatic hydroxyl groups excluding tert-OH is 1. The molecule has 2 rings (SSSR count). The quantitative estimate of drug-likeness (QED) is 0.837. The van der Waals surface area contributed by atoms with Crippen LogP contribution in [0.2, 0.25) is 0 Å². The van der Waals surface area contributed by atoms with Crippen LogP contribution in [0.4, 0.5) is 11.6 Å². The predicted octanol–water partition coefficient (Wildman–Crippen LogP) is 1.72. The molecule has 0 saturated carbocycles. The monoisotopic (exact) mass is 235 g/mol. The van der Waals surface area contributed by atoms with Crippen molar-refractivity contribution in [2.24, 2.45) is 5.92 Å². The molecule has 1 aromatic heterocycles. The number of piperidine rings is 1. The van der Waals surface area contributed by atoms with Crippen LogP contribution in [-0.2, 0) is 0 Å². The average molecular weight is 235 g/mol. The van der Waals surface area contributed by atoms with Crippen LogP contribution in [0.25, 0.3) is 0 Å². The molecular formula is C13H21N3O. The number of hydrogen-bond acceptors (Lipinski definition) is 4. The van der Waals surface area contributed by atoms with Crippen molar-refractivity contribution in [3.63, 3.8) is 0 Å². The fourth-order valence-corrected chi connectivity index (χ4v) is 2.22. The summed E-state index contributed by atoms with van der Waals surface area (Å²) in [6.45, 7) is 6.79. The lowest BCUT2D eigenvalue weighted by molar-refractivity contribution is 0.0969. The highest BCUT2D eigenvalue weighted by atomic mass is 16.3. The Hall–Kier alpha value is -1.29. The summed E-state index contributed by atoms with van der Waals surface area (Å²) in [4.78, 5) is 6.83. The molecule has 0 radical (unpaired) electrons. The first-order valence-corrected chi connectivity index (χ1v) is 6.34. The zero-order valence-corrected chi connectivity index (χ0v) is 10.6. The Morgan fingerprint density at radius 2 is 2.35 bits per heavy atom. The maximum Gasteiger partial charge on any atom is 0.130 e. The predicted molar refractivity (Wildman–Crippen MR) is 70.4 cm³/mol. The van der Waals surface area contributed by atoms with E-state index < -0.39 is 0 Å². The molecule has 1 saturated heterocycles. The summed E-state index contributed by atoms with van der Waals surface area (Å²) >= 11 is 0. The molecule has 1 aromatic rings. The third kappa shape index (κ3) is 2.88. The van der Waals surface area contributed by atoms with Gasteiger partial charge in [0.2, 0.25) is 0 Å². The number of nitrogens with zero attached hydrogens (tertiary/aromatic N) is 2. The van der Waals surface area contributed by atoms with E-state index in [4.69, 9.17) is 0 Å². The Bertz CT molecular complexity index is 369. The maximum absolute atomic E-state index is 9.72.